The van der Waals surface area contributed by atoms with Crippen LogP contribution < -0.4 is 10.6 Å². The van der Waals surface area contributed by atoms with Crippen LogP contribution in [0.25, 0.3) is 0 Å². The normalized spacial score (nSPS) is 33.7. The van der Waals surface area contributed by atoms with Gasteiger partial charge in [-0.25, -0.2) is 9.59 Å². The molecule has 2 aromatic carbocycles. The molecule has 4 fully saturated rings. The number of carbonyl (C=O) groups is 2. The van der Waals surface area contributed by atoms with E-state index in [1.165, 1.54) is 46.6 Å². The van der Waals surface area contributed by atoms with Gasteiger partial charge in [-0.15, -0.1) is 23.5 Å². The molecule has 2 aliphatic carbocycles. The van der Waals surface area contributed by atoms with E-state index in [2.05, 4.69) is 71.3 Å². The van der Waals surface area contributed by atoms with E-state index in [-0.39, 0.29) is 23.1 Å². The molecule has 6 unspecified atom stereocenters. The molecule has 4 aliphatic heterocycles. The summed E-state index contributed by atoms with van der Waals surface area (Å²) in [5.41, 5.74) is 1.74. The first kappa shape index (κ1) is 32.0. The number of esters is 2. The number of piperidine rings is 2. The highest BCUT2D eigenvalue weighted by Gasteiger charge is 2.53. The largest absolute Gasteiger partial charge is 0.450 e. The molecule has 8 rings (SSSR count). The molecule has 0 radical (unpaired) electrons. The van der Waals surface area contributed by atoms with E-state index in [4.69, 9.17) is 9.47 Å². The first-order valence-corrected chi connectivity index (χ1v) is 19.1. The summed E-state index contributed by atoms with van der Waals surface area (Å²) in [5, 5.41) is 8.30. The van der Waals surface area contributed by atoms with Crippen LogP contribution in [0, 0.1) is 0 Å². The molecule has 2 saturated heterocycles. The fraction of sp³-hybridized carbons (Fsp3) is 0.526. The average Bonchev–Trinajstić information content (AvgIpc) is 3.62. The van der Waals surface area contributed by atoms with Crippen molar-refractivity contribution in [3.8, 4) is 0 Å². The summed E-state index contributed by atoms with van der Waals surface area (Å²) in [6.07, 6.45) is 16.7. The van der Waals surface area contributed by atoms with E-state index in [1.807, 2.05) is 23.5 Å². The van der Waals surface area contributed by atoms with Crippen molar-refractivity contribution in [1.29, 1.82) is 0 Å². The van der Waals surface area contributed by atoms with Gasteiger partial charge in [0, 0.05) is 32.4 Å². The SMILES string of the molecule is O=C1C=C2CC(Sc3ccccc3)CCC2(C2CCCCN2)O1.O=C1C=C2CC(Sc3ccccc3)CCC2(C2CCCCN2)O1. The quantitative estimate of drug-likeness (QED) is 0.311. The minimum Gasteiger partial charge on any atom is -0.450 e. The van der Waals surface area contributed by atoms with Crippen LogP contribution in [0.5, 0.6) is 0 Å². The molecule has 6 atom stereocenters. The van der Waals surface area contributed by atoms with Crippen LogP contribution in [-0.4, -0.2) is 58.8 Å². The summed E-state index contributed by atoms with van der Waals surface area (Å²) in [5.74, 6) is -0.282. The highest BCUT2D eigenvalue weighted by molar-refractivity contribution is 8.00. The summed E-state index contributed by atoms with van der Waals surface area (Å²) in [6, 6.07) is 21.7. The van der Waals surface area contributed by atoms with Gasteiger partial charge in [0.15, 0.2) is 0 Å². The van der Waals surface area contributed by atoms with Crippen LogP contribution in [0.3, 0.4) is 0 Å². The Morgan fingerprint density at radius 1 is 0.587 bits per heavy atom. The number of carbonyl (C=O) groups excluding carboxylic acids is 2. The standard InChI is InChI=1S/2C19H23NO2S/c2*21-18-13-14-12-16(23-15-6-2-1-3-7-15)9-10-19(14,22-18)17-8-4-5-11-20-17/h2*1-3,6-7,13,16-17,20H,4-5,8-12H2. The first-order valence-electron chi connectivity index (χ1n) is 17.3. The summed E-state index contributed by atoms with van der Waals surface area (Å²) >= 11 is 3.86. The van der Waals surface area contributed by atoms with Gasteiger partial charge in [-0.1, -0.05) is 49.2 Å². The van der Waals surface area contributed by atoms with Crippen molar-refractivity contribution in [2.24, 2.45) is 0 Å². The highest BCUT2D eigenvalue weighted by Crippen LogP contribution is 2.49. The molecule has 6 aliphatic rings. The lowest BCUT2D eigenvalue weighted by Crippen LogP contribution is -2.56. The summed E-state index contributed by atoms with van der Waals surface area (Å²) in [4.78, 5) is 26.6. The molecule has 4 heterocycles. The highest BCUT2D eigenvalue weighted by atomic mass is 32.2. The molecule has 0 spiro atoms. The van der Waals surface area contributed by atoms with Crippen LogP contribution in [0.4, 0.5) is 0 Å². The molecular weight excluding hydrogens is 613 g/mol. The zero-order valence-electron chi connectivity index (χ0n) is 26.6. The van der Waals surface area contributed by atoms with Crippen molar-refractivity contribution in [2.45, 2.75) is 121 Å². The smallest absolute Gasteiger partial charge is 0.331 e. The van der Waals surface area contributed by atoms with Gasteiger partial charge in [0.1, 0.15) is 11.2 Å². The second kappa shape index (κ2) is 14.3. The molecule has 46 heavy (non-hydrogen) atoms. The van der Waals surface area contributed by atoms with E-state index in [1.54, 1.807) is 12.2 Å². The van der Waals surface area contributed by atoms with E-state index in [9.17, 15) is 9.59 Å². The molecule has 2 N–H and O–H groups in total. The maximum absolute atomic E-state index is 12.0. The number of hydrogen-bond acceptors (Lipinski definition) is 8. The summed E-state index contributed by atoms with van der Waals surface area (Å²) in [7, 11) is 0. The third kappa shape index (κ3) is 6.87. The predicted molar refractivity (Wildman–Crippen MR) is 185 cm³/mol. The van der Waals surface area contributed by atoms with Crippen molar-refractivity contribution in [3.05, 3.63) is 84.0 Å². The monoisotopic (exact) mass is 658 g/mol. The Hall–Kier alpha value is -2.52. The fourth-order valence-corrected chi connectivity index (χ4v) is 10.8. The van der Waals surface area contributed by atoms with Gasteiger partial charge in [-0.05, 0) is 113 Å². The number of rotatable bonds is 6. The lowest BCUT2D eigenvalue weighted by atomic mass is 9.73. The molecule has 0 amide bonds. The Bertz CT molecular complexity index is 1330. The van der Waals surface area contributed by atoms with E-state index in [0.29, 0.717) is 22.6 Å². The van der Waals surface area contributed by atoms with Gasteiger partial charge in [0.25, 0.3) is 0 Å². The molecular formula is C38H46N2O4S2. The molecule has 0 aromatic heterocycles. The van der Waals surface area contributed by atoms with Crippen molar-refractivity contribution in [2.75, 3.05) is 13.1 Å². The first-order chi connectivity index (χ1) is 22.5. The lowest BCUT2D eigenvalue weighted by molar-refractivity contribution is -0.151. The second-order valence-electron chi connectivity index (χ2n) is 13.6. The van der Waals surface area contributed by atoms with Crippen molar-refractivity contribution < 1.29 is 19.1 Å². The second-order valence-corrected chi connectivity index (χ2v) is 16.3. The fourth-order valence-electron chi connectivity index (χ4n) is 8.43. The van der Waals surface area contributed by atoms with Gasteiger partial charge in [0.05, 0.1) is 12.1 Å². The Kier molecular flexibility index (Phi) is 9.97. The van der Waals surface area contributed by atoms with Crippen LogP contribution in [0.2, 0.25) is 0 Å². The van der Waals surface area contributed by atoms with E-state index < -0.39 is 0 Å². The summed E-state index contributed by atoms with van der Waals surface area (Å²) < 4.78 is 11.8. The van der Waals surface area contributed by atoms with Crippen molar-refractivity contribution >= 4 is 35.5 Å². The van der Waals surface area contributed by atoms with Gasteiger partial charge >= 0.3 is 11.9 Å². The summed E-state index contributed by atoms with van der Waals surface area (Å²) in [6.45, 7) is 2.08. The van der Waals surface area contributed by atoms with Gasteiger partial charge in [-0.2, -0.15) is 0 Å². The third-order valence-corrected chi connectivity index (χ3v) is 13.2. The molecule has 0 bridgehead atoms. The number of hydrogen-bond donors (Lipinski definition) is 2. The number of benzene rings is 2. The molecule has 2 aromatic rings. The van der Waals surface area contributed by atoms with Gasteiger partial charge < -0.3 is 20.1 Å². The number of thioether (sulfide) groups is 2. The minimum absolute atomic E-state index is 0.141. The minimum atomic E-state index is -0.356. The zero-order chi connectivity index (χ0) is 31.4. The molecule has 8 heteroatoms. The topological polar surface area (TPSA) is 76.7 Å². The molecule has 6 nitrogen and oxygen atoms in total. The van der Waals surface area contributed by atoms with Gasteiger partial charge in [-0.3, -0.25) is 0 Å². The van der Waals surface area contributed by atoms with Gasteiger partial charge in [0.2, 0.25) is 0 Å². The van der Waals surface area contributed by atoms with E-state index >= 15 is 0 Å². The van der Waals surface area contributed by atoms with E-state index in [0.717, 1.165) is 64.5 Å². The van der Waals surface area contributed by atoms with Crippen LogP contribution in [0.1, 0.15) is 77.0 Å². The van der Waals surface area contributed by atoms with Crippen LogP contribution in [0.15, 0.2) is 93.8 Å². The Morgan fingerprint density at radius 3 is 1.41 bits per heavy atom. The zero-order valence-corrected chi connectivity index (χ0v) is 28.2. The van der Waals surface area contributed by atoms with Crippen molar-refractivity contribution in [1.82, 2.24) is 10.6 Å². The predicted octanol–water partition coefficient (Wildman–Crippen LogP) is 7.39. The Labute approximate surface area is 281 Å². The lowest BCUT2D eigenvalue weighted by Gasteiger charge is -2.45. The number of fused-ring (bicyclic) bond motifs is 2. The van der Waals surface area contributed by atoms with Crippen molar-refractivity contribution in [3.63, 3.8) is 0 Å². The Balaban J connectivity index is 0.000000147. The maximum atomic E-state index is 12.0. The maximum Gasteiger partial charge on any atom is 0.331 e. The number of ether oxygens (including phenoxy) is 2. The number of nitrogens with one attached hydrogen (secondary N) is 2. The Morgan fingerprint density at radius 2 is 1.02 bits per heavy atom. The van der Waals surface area contributed by atoms with Crippen LogP contribution in [-0.2, 0) is 19.1 Å². The third-order valence-electron chi connectivity index (χ3n) is 10.6. The van der Waals surface area contributed by atoms with Crippen LogP contribution >= 0.6 is 23.5 Å². The molecule has 244 valence electrons. The molecule has 2 saturated carbocycles. The average molecular weight is 659 g/mol.